The molecule has 0 fully saturated rings. The standard InChI is InChI=1S/C10H16F2N2/c1-7(11)5-14-9(12)8(2)10(3,4)6-13/h5-7,13H,1-4H3/b9-8-,13-6?,14-5-. The molecule has 0 aliphatic rings. The number of nitrogens with one attached hydrogen (secondary N) is 1. The van der Waals surface area contributed by atoms with Crippen LogP contribution in [0.15, 0.2) is 16.5 Å². The summed E-state index contributed by atoms with van der Waals surface area (Å²) in [5.41, 5.74) is -0.356. The number of alkyl halides is 1. The first-order chi connectivity index (χ1) is 6.31. The molecule has 0 radical (unpaired) electrons. The zero-order valence-corrected chi connectivity index (χ0v) is 8.94. The lowest BCUT2D eigenvalue weighted by Gasteiger charge is -2.19. The number of halogens is 2. The minimum atomic E-state index is -1.27. The molecule has 1 N–H and O–H groups in total. The van der Waals surface area contributed by atoms with E-state index in [1.54, 1.807) is 20.8 Å². The van der Waals surface area contributed by atoms with Gasteiger partial charge in [0.05, 0.1) is 0 Å². The molecular weight excluding hydrogens is 186 g/mol. The number of nitrogens with zero attached hydrogens (tertiary/aromatic N) is 1. The summed E-state index contributed by atoms with van der Waals surface area (Å²) in [7, 11) is 0. The summed E-state index contributed by atoms with van der Waals surface area (Å²) in [5, 5.41) is 7.09. The van der Waals surface area contributed by atoms with E-state index in [1.807, 2.05) is 0 Å². The number of aliphatic imine (C=N–C) groups is 1. The largest absolute Gasteiger partial charge is 0.312 e. The van der Waals surface area contributed by atoms with E-state index < -0.39 is 17.5 Å². The summed E-state index contributed by atoms with van der Waals surface area (Å²) in [6.45, 7) is 6.21. The summed E-state index contributed by atoms with van der Waals surface area (Å²) in [4.78, 5) is 3.35. The van der Waals surface area contributed by atoms with Gasteiger partial charge < -0.3 is 5.41 Å². The molecule has 4 heteroatoms. The van der Waals surface area contributed by atoms with Crippen molar-refractivity contribution in [2.75, 3.05) is 0 Å². The average molecular weight is 202 g/mol. The Morgan fingerprint density at radius 1 is 1.50 bits per heavy atom. The lowest BCUT2D eigenvalue weighted by atomic mass is 9.87. The quantitative estimate of drug-likeness (QED) is 0.536. The molecule has 0 amide bonds. The SMILES string of the molecule is C/C(=C(F)/N=C\C(C)F)C(C)(C)C=N. The third-order valence-electron chi connectivity index (χ3n) is 2.03. The van der Waals surface area contributed by atoms with E-state index in [0.717, 1.165) is 12.4 Å². The predicted molar refractivity (Wildman–Crippen MR) is 55.4 cm³/mol. The molecule has 14 heavy (non-hydrogen) atoms. The maximum Gasteiger partial charge on any atom is 0.212 e. The fourth-order valence-corrected chi connectivity index (χ4v) is 0.639. The number of hydrogen-bond acceptors (Lipinski definition) is 2. The molecule has 0 aromatic carbocycles. The Kier molecular flexibility index (Phi) is 4.60. The molecule has 0 bridgehead atoms. The molecule has 0 aromatic rings. The van der Waals surface area contributed by atoms with Crippen molar-refractivity contribution in [2.24, 2.45) is 10.4 Å². The minimum absolute atomic E-state index is 0.324. The lowest BCUT2D eigenvalue weighted by Crippen LogP contribution is -2.15. The molecule has 2 nitrogen and oxygen atoms in total. The highest BCUT2D eigenvalue weighted by molar-refractivity contribution is 5.67. The maximum absolute atomic E-state index is 13.3. The van der Waals surface area contributed by atoms with Crippen molar-refractivity contribution >= 4 is 12.4 Å². The highest BCUT2D eigenvalue weighted by Crippen LogP contribution is 2.27. The van der Waals surface area contributed by atoms with Crippen LogP contribution < -0.4 is 0 Å². The van der Waals surface area contributed by atoms with Crippen molar-refractivity contribution < 1.29 is 8.78 Å². The molecule has 0 aliphatic carbocycles. The van der Waals surface area contributed by atoms with E-state index in [4.69, 9.17) is 5.41 Å². The van der Waals surface area contributed by atoms with Crippen LogP contribution in [0.5, 0.6) is 0 Å². The van der Waals surface area contributed by atoms with E-state index in [1.165, 1.54) is 6.92 Å². The second-order valence-corrected chi connectivity index (χ2v) is 3.74. The van der Waals surface area contributed by atoms with Crippen molar-refractivity contribution in [1.29, 1.82) is 5.41 Å². The highest BCUT2D eigenvalue weighted by Gasteiger charge is 2.20. The molecular formula is C10H16F2N2. The van der Waals surface area contributed by atoms with Crippen LogP contribution in [-0.2, 0) is 0 Å². The molecule has 0 heterocycles. The summed E-state index contributed by atoms with van der Waals surface area (Å²) in [5.74, 6) is -0.719. The summed E-state index contributed by atoms with van der Waals surface area (Å²) >= 11 is 0. The fraction of sp³-hybridized carbons (Fsp3) is 0.600. The van der Waals surface area contributed by atoms with Crippen molar-refractivity contribution in [3.8, 4) is 0 Å². The van der Waals surface area contributed by atoms with Gasteiger partial charge in [-0.05, 0) is 19.4 Å². The summed E-state index contributed by atoms with van der Waals surface area (Å²) < 4.78 is 25.6. The smallest absolute Gasteiger partial charge is 0.212 e. The summed E-state index contributed by atoms with van der Waals surface area (Å²) in [6, 6.07) is 0. The predicted octanol–water partition coefficient (Wildman–Crippen LogP) is 3.29. The molecule has 80 valence electrons. The van der Waals surface area contributed by atoms with E-state index >= 15 is 0 Å². The second kappa shape index (κ2) is 4.98. The molecule has 0 aliphatic heterocycles. The Hall–Kier alpha value is -1.06. The third-order valence-corrected chi connectivity index (χ3v) is 2.03. The van der Waals surface area contributed by atoms with Crippen molar-refractivity contribution in [3.63, 3.8) is 0 Å². The topological polar surface area (TPSA) is 36.2 Å². The first kappa shape index (κ1) is 12.9. The number of allylic oxidation sites excluding steroid dienone is 1. The van der Waals surface area contributed by atoms with Crippen LogP contribution in [0.3, 0.4) is 0 Å². The fourth-order valence-electron chi connectivity index (χ4n) is 0.639. The van der Waals surface area contributed by atoms with Crippen molar-refractivity contribution in [1.82, 2.24) is 0 Å². The van der Waals surface area contributed by atoms with Crippen LogP contribution in [-0.4, -0.2) is 18.6 Å². The minimum Gasteiger partial charge on any atom is -0.312 e. The molecule has 1 atom stereocenters. The normalized spacial score (nSPS) is 16.7. The Bertz CT molecular complexity index is 265. The number of rotatable bonds is 4. The van der Waals surface area contributed by atoms with Gasteiger partial charge in [0.2, 0.25) is 5.95 Å². The average Bonchev–Trinajstić information content (AvgIpc) is 2.12. The Morgan fingerprint density at radius 2 is 2.00 bits per heavy atom. The van der Waals surface area contributed by atoms with Gasteiger partial charge in [-0.3, -0.25) is 0 Å². The van der Waals surface area contributed by atoms with Crippen LogP contribution in [0.1, 0.15) is 27.7 Å². The van der Waals surface area contributed by atoms with E-state index in [9.17, 15) is 8.78 Å². The molecule has 1 unspecified atom stereocenters. The van der Waals surface area contributed by atoms with Gasteiger partial charge >= 0.3 is 0 Å². The van der Waals surface area contributed by atoms with Gasteiger partial charge in [0.1, 0.15) is 6.17 Å². The molecule has 0 aromatic heterocycles. The van der Waals surface area contributed by atoms with Gasteiger partial charge in [-0.15, -0.1) is 0 Å². The maximum atomic E-state index is 13.3. The Labute approximate surface area is 83.2 Å². The Balaban J connectivity index is 4.84. The molecule has 0 saturated carbocycles. The van der Waals surface area contributed by atoms with Gasteiger partial charge in [-0.25, -0.2) is 9.38 Å². The lowest BCUT2D eigenvalue weighted by molar-refractivity contribution is 0.459. The highest BCUT2D eigenvalue weighted by atomic mass is 19.1. The molecule has 0 spiro atoms. The first-order valence-corrected chi connectivity index (χ1v) is 4.38. The monoisotopic (exact) mass is 202 g/mol. The van der Waals surface area contributed by atoms with Crippen LogP contribution in [0.2, 0.25) is 0 Å². The third kappa shape index (κ3) is 3.77. The Morgan fingerprint density at radius 3 is 2.36 bits per heavy atom. The zero-order valence-electron chi connectivity index (χ0n) is 8.94. The van der Waals surface area contributed by atoms with Gasteiger partial charge in [0, 0.05) is 17.8 Å². The van der Waals surface area contributed by atoms with Gasteiger partial charge in [0.15, 0.2) is 0 Å². The van der Waals surface area contributed by atoms with Crippen LogP contribution >= 0.6 is 0 Å². The first-order valence-electron chi connectivity index (χ1n) is 4.38. The van der Waals surface area contributed by atoms with Gasteiger partial charge in [0.25, 0.3) is 0 Å². The van der Waals surface area contributed by atoms with Crippen LogP contribution in [0.25, 0.3) is 0 Å². The number of hydrogen-bond donors (Lipinski definition) is 1. The zero-order chi connectivity index (χ0) is 11.4. The van der Waals surface area contributed by atoms with Gasteiger partial charge in [-0.2, -0.15) is 4.39 Å². The van der Waals surface area contributed by atoms with Crippen LogP contribution in [0.4, 0.5) is 8.78 Å². The van der Waals surface area contributed by atoms with E-state index in [0.29, 0.717) is 5.57 Å². The van der Waals surface area contributed by atoms with Crippen molar-refractivity contribution in [2.45, 2.75) is 33.9 Å². The van der Waals surface area contributed by atoms with E-state index in [-0.39, 0.29) is 0 Å². The van der Waals surface area contributed by atoms with E-state index in [2.05, 4.69) is 4.99 Å². The van der Waals surface area contributed by atoms with Crippen LogP contribution in [0, 0.1) is 10.8 Å². The van der Waals surface area contributed by atoms with Gasteiger partial charge in [-0.1, -0.05) is 13.8 Å². The molecule has 0 rings (SSSR count). The molecule has 0 saturated heterocycles. The summed E-state index contributed by atoms with van der Waals surface area (Å²) in [6.07, 6.45) is 0.770. The van der Waals surface area contributed by atoms with Crippen molar-refractivity contribution in [3.05, 3.63) is 11.5 Å². The second-order valence-electron chi connectivity index (χ2n) is 3.74.